The Balaban J connectivity index is 2.39. The van der Waals surface area contributed by atoms with Crippen molar-refractivity contribution in [3.05, 3.63) is 39.0 Å². The van der Waals surface area contributed by atoms with E-state index in [1.165, 1.54) is 10.7 Å². The van der Waals surface area contributed by atoms with Gasteiger partial charge < -0.3 is 5.32 Å². The molecule has 6 nitrogen and oxygen atoms in total. The highest BCUT2D eigenvalue weighted by molar-refractivity contribution is 6.31. The van der Waals surface area contributed by atoms with Crippen LogP contribution < -0.4 is 10.9 Å². The van der Waals surface area contributed by atoms with Gasteiger partial charge in [-0.25, -0.2) is 4.68 Å². The van der Waals surface area contributed by atoms with Crippen molar-refractivity contribution in [2.45, 2.75) is 33.4 Å². The van der Waals surface area contributed by atoms with Crippen LogP contribution in [-0.4, -0.2) is 26.6 Å². The number of aryl methyl sites for hydroxylation is 2. The Labute approximate surface area is 122 Å². The van der Waals surface area contributed by atoms with Crippen LogP contribution in [-0.2, 0) is 19.5 Å². The lowest BCUT2D eigenvalue weighted by Gasteiger charge is -2.08. The molecule has 0 bridgehead atoms. The molecule has 1 N–H and O–H groups in total. The largest absolute Gasteiger partial charge is 0.387 e. The normalized spacial score (nSPS) is 10.8. The van der Waals surface area contributed by atoms with Crippen molar-refractivity contribution >= 4 is 17.3 Å². The molecule has 2 heterocycles. The lowest BCUT2D eigenvalue weighted by atomic mass is 10.3. The fourth-order valence-electron chi connectivity index (χ4n) is 2.00. The topological polar surface area (TPSA) is 64.7 Å². The molecule has 0 spiro atoms. The molecule has 7 heteroatoms. The second-order valence-corrected chi connectivity index (χ2v) is 4.74. The molecule has 2 aromatic rings. The van der Waals surface area contributed by atoms with Crippen LogP contribution in [0.4, 0.5) is 5.69 Å². The maximum Gasteiger partial charge on any atom is 0.269 e. The smallest absolute Gasteiger partial charge is 0.269 e. The minimum atomic E-state index is -0.171. The van der Waals surface area contributed by atoms with E-state index in [0.717, 1.165) is 17.8 Å². The van der Waals surface area contributed by atoms with E-state index < -0.39 is 0 Å². The summed E-state index contributed by atoms with van der Waals surface area (Å²) in [5.74, 6) is 0. The molecule has 0 aromatic carbocycles. The zero-order chi connectivity index (χ0) is 14.7. The van der Waals surface area contributed by atoms with E-state index in [2.05, 4.69) is 15.5 Å². The van der Waals surface area contributed by atoms with Crippen LogP contribution in [0.1, 0.15) is 25.2 Å². The third-order valence-electron chi connectivity index (χ3n) is 3.15. The first kappa shape index (κ1) is 14.6. The van der Waals surface area contributed by atoms with Crippen LogP contribution in [0, 0.1) is 0 Å². The maximum absolute atomic E-state index is 12.0. The molecule has 0 radical (unpaired) electrons. The van der Waals surface area contributed by atoms with E-state index in [4.69, 9.17) is 11.6 Å². The number of hydrogen-bond acceptors (Lipinski definition) is 4. The molecule has 0 aliphatic rings. The Kier molecular flexibility index (Phi) is 4.44. The average Bonchev–Trinajstić information content (AvgIpc) is 2.77. The highest BCUT2D eigenvalue weighted by atomic mass is 35.5. The number of anilines is 1. The molecule has 20 heavy (non-hydrogen) atoms. The zero-order valence-corrected chi connectivity index (χ0v) is 12.6. The van der Waals surface area contributed by atoms with Gasteiger partial charge >= 0.3 is 0 Å². The van der Waals surface area contributed by atoms with Crippen LogP contribution in [0.5, 0.6) is 0 Å². The first-order valence-corrected chi connectivity index (χ1v) is 6.97. The van der Waals surface area contributed by atoms with Gasteiger partial charge in [0.15, 0.2) is 0 Å². The molecule has 108 valence electrons. The third-order valence-corrected chi connectivity index (χ3v) is 3.59. The van der Waals surface area contributed by atoms with Crippen LogP contribution in [0.25, 0.3) is 0 Å². The maximum atomic E-state index is 12.0. The molecule has 2 rings (SSSR count). The van der Waals surface area contributed by atoms with Gasteiger partial charge in [-0.2, -0.15) is 10.2 Å². The number of nitrogens with one attached hydrogen (secondary N) is 1. The lowest BCUT2D eigenvalue weighted by Crippen LogP contribution is -2.24. The summed E-state index contributed by atoms with van der Waals surface area (Å²) in [6, 6.07) is 1.51. The Morgan fingerprint density at radius 1 is 1.35 bits per heavy atom. The standard InChI is InChI=1S/C13H18ClN5O/c1-4-10-13(14)11(18(5-2)17-10)8-19-12(20)6-9(15-3)7-16-19/h6-7,15H,4-5,8H2,1-3H3. The number of rotatable bonds is 5. The molecule has 0 unspecified atom stereocenters. The summed E-state index contributed by atoms with van der Waals surface area (Å²) in [4.78, 5) is 12.0. The highest BCUT2D eigenvalue weighted by Gasteiger charge is 2.15. The monoisotopic (exact) mass is 295 g/mol. The van der Waals surface area contributed by atoms with Crippen molar-refractivity contribution in [1.29, 1.82) is 0 Å². The molecule has 0 aliphatic heterocycles. The molecule has 0 atom stereocenters. The molecule has 0 fully saturated rings. The van der Waals surface area contributed by atoms with Gasteiger partial charge in [-0.3, -0.25) is 9.48 Å². The average molecular weight is 296 g/mol. The van der Waals surface area contributed by atoms with Crippen LogP contribution in [0.2, 0.25) is 5.02 Å². The third kappa shape index (κ3) is 2.70. The van der Waals surface area contributed by atoms with E-state index >= 15 is 0 Å². The predicted octanol–water partition coefficient (Wildman–Crippen LogP) is 1.77. The van der Waals surface area contributed by atoms with Gasteiger partial charge in [0.05, 0.1) is 34.8 Å². The number of nitrogens with zero attached hydrogens (tertiary/aromatic N) is 4. The van der Waals surface area contributed by atoms with Gasteiger partial charge in [-0.05, 0) is 13.3 Å². The van der Waals surface area contributed by atoms with E-state index in [-0.39, 0.29) is 5.56 Å². The molecular weight excluding hydrogens is 278 g/mol. The number of hydrogen-bond donors (Lipinski definition) is 1. The van der Waals surface area contributed by atoms with Crippen LogP contribution in [0.15, 0.2) is 17.1 Å². The minimum Gasteiger partial charge on any atom is -0.387 e. The summed E-state index contributed by atoms with van der Waals surface area (Å²) in [6.45, 7) is 5.03. The zero-order valence-electron chi connectivity index (χ0n) is 11.9. The number of halogens is 1. The molecule has 0 saturated heterocycles. The van der Waals surface area contributed by atoms with E-state index in [1.807, 2.05) is 18.5 Å². The van der Waals surface area contributed by atoms with E-state index in [9.17, 15) is 4.79 Å². The summed E-state index contributed by atoms with van der Waals surface area (Å²) in [7, 11) is 1.75. The Morgan fingerprint density at radius 2 is 2.10 bits per heavy atom. The van der Waals surface area contributed by atoms with Gasteiger partial charge in [-0.15, -0.1) is 0 Å². The van der Waals surface area contributed by atoms with Crippen molar-refractivity contribution < 1.29 is 0 Å². The van der Waals surface area contributed by atoms with Crippen LogP contribution in [0.3, 0.4) is 0 Å². The Morgan fingerprint density at radius 3 is 2.65 bits per heavy atom. The second-order valence-electron chi connectivity index (χ2n) is 4.37. The van der Waals surface area contributed by atoms with Crippen molar-refractivity contribution in [2.24, 2.45) is 0 Å². The number of aromatic nitrogens is 4. The summed E-state index contributed by atoms with van der Waals surface area (Å²) in [6.07, 6.45) is 2.38. The van der Waals surface area contributed by atoms with Crippen molar-refractivity contribution in [3.8, 4) is 0 Å². The summed E-state index contributed by atoms with van der Waals surface area (Å²) in [5, 5.41) is 12.1. The fraction of sp³-hybridized carbons (Fsp3) is 0.462. The van der Waals surface area contributed by atoms with Crippen molar-refractivity contribution in [2.75, 3.05) is 12.4 Å². The second kappa shape index (κ2) is 6.09. The quantitative estimate of drug-likeness (QED) is 0.913. The van der Waals surface area contributed by atoms with Gasteiger partial charge in [0.25, 0.3) is 5.56 Å². The van der Waals surface area contributed by atoms with Gasteiger partial charge in [-0.1, -0.05) is 18.5 Å². The van der Waals surface area contributed by atoms with Gasteiger partial charge in [0.1, 0.15) is 0 Å². The Bertz CT molecular complexity index is 661. The molecule has 0 aliphatic carbocycles. The highest BCUT2D eigenvalue weighted by Crippen LogP contribution is 2.22. The lowest BCUT2D eigenvalue weighted by molar-refractivity contribution is 0.558. The van der Waals surface area contributed by atoms with Gasteiger partial charge in [0, 0.05) is 19.7 Å². The molecule has 0 saturated carbocycles. The molecular formula is C13H18ClN5O. The Hall–Kier alpha value is -1.82. The van der Waals surface area contributed by atoms with E-state index in [1.54, 1.807) is 13.2 Å². The minimum absolute atomic E-state index is 0.171. The van der Waals surface area contributed by atoms with Crippen molar-refractivity contribution in [1.82, 2.24) is 19.6 Å². The summed E-state index contributed by atoms with van der Waals surface area (Å²) in [5.41, 5.74) is 2.19. The van der Waals surface area contributed by atoms with Crippen molar-refractivity contribution in [3.63, 3.8) is 0 Å². The molecule has 0 amide bonds. The first-order chi connectivity index (χ1) is 9.60. The van der Waals surface area contributed by atoms with Crippen LogP contribution >= 0.6 is 11.6 Å². The molecule has 2 aromatic heterocycles. The SMILES string of the molecule is CCc1nn(CC)c(Cn2ncc(NC)cc2=O)c1Cl. The first-order valence-electron chi connectivity index (χ1n) is 6.59. The van der Waals surface area contributed by atoms with E-state index in [0.29, 0.717) is 23.8 Å². The summed E-state index contributed by atoms with van der Waals surface area (Å²) >= 11 is 6.33. The predicted molar refractivity (Wildman–Crippen MR) is 79.4 cm³/mol. The summed E-state index contributed by atoms with van der Waals surface area (Å²) < 4.78 is 3.20. The fourth-order valence-corrected chi connectivity index (χ4v) is 2.33. The van der Waals surface area contributed by atoms with Gasteiger partial charge in [0.2, 0.25) is 0 Å².